The molecule has 3 heterocycles. The second-order valence-corrected chi connectivity index (χ2v) is 6.31. The molecule has 1 unspecified atom stereocenters. The van der Waals surface area contributed by atoms with Gasteiger partial charge in [0.05, 0.1) is 6.04 Å². The molecule has 2 aromatic heterocycles. The van der Waals surface area contributed by atoms with E-state index < -0.39 is 0 Å². The number of hydrogen-bond acceptors (Lipinski definition) is 5. The summed E-state index contributed by atoms with van der Waals surface area (Å²) >= 11 is 0. The van der Waals surface area contributed by atoms with Gasteiger partial charge in [-0.2, -0.15) is 4.98 Å². The maximum absolute atomic E-state index is 13.1. The predicted octanol–water partition coefficient (Wildman–Crippen LogP) is 4.00. The quantitative estimate of drug-likeness (QED) is 0.720. The zero-order valence-electron chi connectivity index (χ0n) is 13.8. The van der Waals surface area contributed by atoms with Crippen LogP contribution in [0.3, 0.4) is 0 Å². The van der Waals surface area contributed by atoms with Crippen LogP contribution >= 0.6 is 0 Å². The van der Waals surface area contributed by atoms with E-state index >= 15 is 0 Å². The molecule has 1 atom stereocenters. The van der Waals surface area contributed by atoms with Crippen LogP contribution in [0.1, 0.15) is 36.8 Å². The minimum absolute atomic E-state index is 0.0942. The zero-order chi connectivity index (χ0) is 17.1. The summed E-state index contributed by atoms with van der Waals surface area (Å²) in [6.45, 7) is 1.71. The van der Waals surface area contributed by atoms with Crippen molar-refractivity contribution in [1.82, 2.24) is 20.0 Å². The van der Waals surface area contributed by atoms with Crippen LogP contribution in [0, 0.1) is 5.82 Å². The molecule has 0 bridgehead atoms. The van der Waals surface area contributed by atoms with E-state index in [1.807, 2.05) is 24.3 Å². The van der Waals surface area contributed by atoms with Crippen LogP contribution < -0.4 is 0 Å². The number of piperidine rings is 1. The lowest BCUT2D eigenvalue weighted by atomic mass is 10.0. The van der Waals surface area contributed by atoms with Crippen LogP contribution in [0.15, 0.2) is 53.3 Å². The first-order chi connectivity index (χ1) is 12.3. The molecule has 0 saturated carbocycles. The Morgan fingerprint density at radius 3 is 2.84 bits per heavy atom. The second-order valence-electron chi connectivity index (χ2n) is 6.31. The van der Waals surface area contributed by atoms with Gasteiger partial charge in [-0.25, -0.2) is 4.39 Å². The summed E-state index contributed by atoms with van der Waals surface area (Å²) in [5, 5.41) is 4.11. The molecule has 0 N–H and O–H groups in total. The van der Waals surface area contributed by atoms with E-state index in [2.05, 4.69) is 20.0 Å². The van der Waals surface area contributed by atoms with Gasteiger partial charge in [0.1, 0.15) is 5.82 Å². The van der Waals surface area contributed by atoms with E-state index in [4.69, 9.17) is 4.52 Å². The van der Waals surface area contributed by atoms with Crippen molar-refractivity contribution in [2.75, 3.05) is 6.54 Å². The van der Waals surface area contributed by atoms with Gasteiger partial charge in [-0.3, -0.25) is 9.88 Å². The van der Waals surface area contributed by atoms with E-state index in [0.29, 0.717) is 11.7 Å². The van der Waals surface area contributed by atoms with Crippen molar-refractivity contribution in [2.45, 2.75) is 31.8 Å². The van der Waals surface area contributed by atoms with Gasteiger partial charge in [-0.1, -0.05) is 23.7 Å². The highest BCUT2D eigenvalue weighted by atomic mass is 19.1. The molecule has 128 valence electrons. The first-order valence-corrected chi connectivity index (χ1v) is 8.52. The Balaban J connectivity index is 1.55. The molecule has 1 aromatic carbocycles. The topological polar surface area (TPSA) is 55.1 Å². The molecule has 0 radical (unpaired) electrons. The fourth-order valence-corrected chi connectivity index (χ4v) is 3.27. The smallest absolute Gasteiger partial charge is 0.244 e. The third kappa shape index (κ3) is 3.58. The van der Waals surface area contributed by atoms with Crippen molar-refractivity contribution in [1.29, 1.82) is 0 Å². The standard InChI is InChI=1S/C19H19FN4O/c20-16-8-6-14(7-9-16)13-24-11-2-1-5-17(24)19-22-18(23-25-19)15-4-3-10-21-12-15/h3-4,6-10,12,17H,1-2,5,11,13H2. The van der Waals surface area contributed by atoms with Crippen molar-refractivity contribution in [3.63, 3.8) is 0 Å². The fourth-order valence-electron chi connectivity index (χ4n) is 3.27. The van der Waals surface area contributed by atoms with Crippen molar-refractivity contribution in [3.05, 3.63) is 66.1 Å². The first kappa shape index (κ1) is 15.9. The molecule has 1 saturated heterocycles. The minimum atomic E-state index is -0.211. The summed E-state index contributed by atoms with van der Waals surface area (Å²) in [5.74, 6) is 0.994. The molecule has 25 heavy (non-hydrogen) atoms. The van der Waals surface area contributed by atoms with Crippen molar-refractivity contribution >= 4 is 0 Å². The summed E-state index contributed by atoms with van der Waals surface area (Å²) in [7, 11) is 0. The molecule has 1 aliphatic heterocycles. The molecule has 1 fully saturated rings. The summed E-state index contributed by atoms with van der Waals surface area (Å²) in [6.07, 6.45) is 6.70. The monoisotopic (exact) mass is 338 g/mol. The Hall–Kier alpha value is -2.60. The molecule has 1 aliphatic rings. The Morgan fingerprint density at radius 1 is 1.16 bits per heavy atom. The maximum Gasteiger partial charge on any atom is 0.244 e. The lowest BCUT2D eigenvalue weighted by molar-refractivity contribution is 0.111. The summed E-state index contributed by atoms with van der Waals surface area (Å²) in [6, 6.07) is 10.5. The number of halogens is 1. The predicted molar refractivity (Wildman–Crippen MR) is 90.9 cm³/mol. The van der Waals surface area contributed by atoms with Gasteiger partial charge in [-0.05, 0) is 49.2 Å². The van der Waals surface area contributed by atoms with Gasteiger partial charge < -0.3 is 4.52 Å². The average molecular weight is 338 g/mol. The van der Waals surface area contributed by atoms with Crippen LogP contribution in [0.4, 0.5) is 4.39 Å². The number of pyridine rings is 1. The highest BCUT2D eigenvalue weighted by Crippen LogP contribution is 2.32. The molecular formula is C19H19FN4O. The summed E-state index contributed by atoms with van der Waals surface area (Å²) in [5.41, 5.74) is 1.93. The van der Waals surface area contributed by atoms with Gasteiger partial charge in [0.15, 0.2) is 0 Å². The Morgan fingerprint density at radius 2 is 2.04 bits per heavy atom. The van der Waals surface area contributed by atoms with Gasteiger partial charge in [0.2, 0.25) is 11.7 Å². The third-order valence-corrected chi connectivity index (χ3v) is 4.56. The number of benzene rings is 1. The molecule has 0 aliphatic carbocycles. The normalized spacial score (nSPS) is 18.4. The molecular weight excluding hydrogens is 319 g/mol. The number of aromatic nitrogens is 3. The SMILES string of the molecule is Fc1ccc(CN2CCCCC2c2nc(-c3cccnc3)no2)cc1. The summed E-state index contributed by atoms with van der Waals surface area (Å²) in [4.78, 5) is 11.0. The van der Waals surface area contributed by atoms with Crippen molar-refractivity contribution in [2.24, 2.45) is 0 Å². The van der Waals surface area contributed by atoms with E-state index in [0.717, 1.165) is 43.5 Å². The highest BCUT2D eigenvalue weighted by Gasteiger charge is 2.29. The third-order valence-electron chi connectivity index (χ3n) is 4.56. The van der Waals surface area contributed by atoms with Crippen molar-refractivity contribution in [3.8, 4) is 11.4 Å². The number of rotatable bonds is 4. The minimum Gasteiger partial charge on any atom is -0.337 e. The van der Waals surface area contributed by atoms with Gasteiger partial charge in [0, 0.05) is 24.5 Å². The van der Waals surface area contributed by atoms with Crippen molar-refractivity contribution < 1.29 is 8.91 Å². The zero-order valence-corrected chi connectivity index (χ0v) is 13.8. The van der Waals surface area contributed by atoms with Gasteiger partial charge in [0.25, 0.3) is 0 Å². The molecule has 5 nitrogen and oxygen atoms in total. The van der Waals surface area contributed by atoms with Crippen LogP contribution in [0.25, 0.3) is 11.4 Å². The number of nitrogens with zero attached hydrogens (tertiary/aromatic N) is 4. The molecule has 0 amide bonds. The second kappa shape index (κ2) is 7.11. The molecule has 6 heteroatoms. The van der Waals surface area contributed by atoms with Gasteiger partial charge in [-0.15, -0.1) is 0 Å². The summed E-state index contributed by atoms with van der Waals surface area (Å²) < 4.78 is 18.7. The van der Waals surface area contributed by atoms with Crippen LogP contribution in [-0.4, -0.2) is 26.6 Å². The van der Waals surface area contributed by atoms with E-state index in [1.165, 1.54) is 12.1 Å². The molecule has 3 aromatic rings. The fraction of sp³-hybridized carbons (Fsp3) is 0.316. The lowest BCUT2D eigenvalue weighted by Crippen LogP contribution is -2.33. The highest BCUT2D eigenvalue weighted by molar-refractivity contribution is 5.51. The largest absolute Gasteiger partial charge is 0.337 e. The maximum atomic E-state index is 13.1. The van der Waals surface area contributed by atoms with E-state index in [-0.39, 0.29) is 11.9 Å². The number of likely N-dealkylation sites (tertiary alicyclic amines) is 1. The van der Waals surface area contributed by atoms with E-state index in [9.17, 15) is 4.39 Å². The van der Waals surface area contributed by atoms with Crippen LogP contribution in [0.5, 0.6) is 0 Å². The molecule has 4 rings (SSSR count). The van der Waals surface area contributed by atoms with E-state index in [1.54, 1.807) is 12.4 Å². The lowest BCUT2D eigenvalue weighted by Gasteiger charge is -2.33. The number of hydrogen-bond donors (Lipinski definition) is 0. The Kier molecular flexibility index (Phi) is 4.52. The first-order valence-electron chi connectivity index (χ1n) is 8.52. The molecule has 0 spiro atoms. The van der Waals surface area contributed by atoms with Gasteiger partial charge >= 0.3 is 0 Å². The average Bonchev–Trinajstić information content (AvgIpc) is 3.15. The Bertz CT molecular complexity index is 819. The Labute approximate surface area is 145 Å². The van der Waals surface area contributed by atoms with Crippen LogP contribution in [-0.2, 0) is 6.54 Å². The van der Waals surface area contributed by atoms with Crippen LogP contribution in [0.2, 0.25) is 0 Å².